The maximum absolute atomic E-state index is 11.4. The van der Waals surface area contributed by atoms with Gasteiger partial charge < -0.3 is 16.0 Å². The third kappa shape index (κ3) is 3.68. The number of piperidine rings is 1. The van der Waals surface area contributed by atoms with Crippen LogP contribution in [0.1, 0.15) is 46.0 Å². The van der Waals surface area contributed by atoms with Crippen molar-refractivity contribution in [3.63, 3.8) is 0 Å². The van der Waals surface area contributed by atoms with Gasteiger partial charge in [0.05, 0.1) is 5.54 Å². The molecule has 1 fully saturated rings. The molecule has 1 amide bonds. The summed E-state index contributed by atoms with van der Waals surface area (Å²) in [6.07, 6.45) is 5.91. The van der Waals surface area contributed by atoms with Crippen molar-refractivity contribution in [2.45, 2.75) is 57.5 Å². The fourth-order valence-corrected chi connectivity index (χ4v) is 2.56. The van der Waals surface area contributed by atoms with Crippen LogP contribution in [0.15, 0.2) is 0 Å². The van der Waals surface area contributed by atoms with Crippen molar-refractivity contribution < 1.29 is 4.79 Å². The number of likely N-dealkylation sites (N-methyl/N-ethyl adjacent to an activating group) is 1. The number of nitrogens with zero attached hydrogens (tertiary/aromatic N) is 1. The molecule has 1 saturated heterocycles. The third-order valence-electron chi connectivity index (χ3n) is 4.21. The van der Waals surface area contributed by atoms with Crippen LogP contribution in [-0.4, -0.2) is 42.5 Å². The fraction of sp³-hybridized carbons (Fsp3) is 0.923. The molecule has 4 nitrogen and oxygen atoms in total. The molecule has 2 unspecified atom stereocenters. The Kier molecular flexibility index (Phi) is 5.40. The zero-order valence-electron chi connectivity index (χ0n) is 11.5. The Bertz CT molecular complexity index is 257. The van der Waals surface area contributed by atoms with Gasteiger partial charge in [0, 0.05) is 12.6 Å². The molecular formula is C13H27N3O. The first-order chi connectivity index (χ1) is 8.03. The lowest BCUT2D eigenvalue weighted by molar-refractivity contribution is -0.124. The van der Waals surface area contributed by atoms with Crippen molar-refractivity contribution in [1.82, 2.24) is 10.2 Å². The quantitative estimate of drug-likeness (QED) is 0.732. The molecule has 0 spiro atoms. The molecule has 4 heteroatoms. The predicted octanol–water partition coefficient (Wildman–Crippen LogP) is 1.10. The highest BCUT2D eigenvalue weighted by Crippen LogP contribution is 2.21. The van der Waals surface area contributed by atoms with Crippen LogP contribution < -0.4 is 11.1 Å². The second-order valence-corrected chi connectivity index (χ2v) is 5.29. The Morgan fingerprint density at radius 2 is 2.24 bits per heavy atom. The van der Waals surface area contributed by atoms with Gasteiger partial charge in [-0.25, -0.2) is 0 Å². The molecule has 3 N–H and O–H groups in total. The Labute approximate surface area is 105 Å². The van der Waals surface area contributed by atoms with E-state index in [9.17, 15) is 4.79 Å². The van der Waals surface area contributed by atoms with Crippen LogP contribution in [0.3, 0.4) is 0 Å². The number of likely N-dealkylation sites (tertiary alicyclic amines) is 1. The molecule has 1 rings (SSSR count). The van der Waals surface area contributed by atoms with E-state index in [1.807, 2.05) is 6.92 Å². The zero-order chi connectivity index (χ0) is 12.9. The molecule has 0 aromatic carbocycles. The Morgan fingerprint density at radius 1 is 1.53 bits per heavy atom. The summed E-state index contributed by atoms with van der Waals surface area (Å²) in [7, 11) is 1.80. The minimum Gasteiger partial charge on any atom is -0.368 e. The lowest BCUT2D eigenvalue weighted by Gasteiger charge is -2.37. The van der Waals surface area contributed by atoms with Crippen LogP contribution in [0.2, 0.25) is 0 Å². The van der Waals surface area contributed by atoms with Crippen LogP contribution in [0.25, 0.3) is 0 Å². The number of nitrogens with one attached hydrogen (secondary N) is 1. The van der Waals surface area contributed by atoms with Crippen LogP contribution in [0.5, 0.6) is 0 Å². The molecule has 17 heavy (non-hydrogen) atoms. The molecule has 1 aliphatic rings. The van der Waals surface area contributed by atoms with Crippen LogP contribution in [0.4, 0.5) is 0 Å². The Hall–Kier alpha value is -0.610. The lowest BCUT2D eigenvalue weighted by atomic mass is 9.94. The van der Waals surface area contributed by atoms with Gasteiger partial charge in [-0.1, -0.05) is 13.3 Å². The van der Waals surface area contributed by atoms with Gasteiger partial charge in [-0.15, -0.1) is 0 Å². The normalized spacial score (nSPS) is 25.5. The number of amides is 1. The van der Waals surface area contributed by atoms with E-state index in [0.29, 0.717) is 6.04 Å². The summed E-state index contributed by atoms with van der Waals surface area (Å²) in [4.78, 5) is 13.9. The summed E-state index contributed by atoms with van der Waals surface area (Å²) in [5.41, 5.74) is 4.87. The second-order valence-electron chi connectivity index (χ2n) is 5.29. The largest absolute Gasteiger partial charge is 0.368 e. The van der Waals surface area contributed by atoms with Crippen molar-refractivity contribution in [3.8, 4) is 0 Å². The molecule has 100 valence electrons. The first kappa shape index (κ1) is 14.5. The van der Waals surface area contributed by atoms with Crippen molar-refractivity contribution in [3.05, 3.63) is 0 Å². The van der Waals surface area contributed by atoms with Gasteiger partial charge in [-0.05, 0) is 46.2 Å². The van der Waals surface area contributed by atoms with Crippen LogP contribution in [0, 0.1) is 0 Å². The molecule has 0 aliphatic carbocycles. The molecule has 0 aromatic heterocycles. The summed E-state index contributed by atoms with van der Waals surface area (Å²) in [5, 5.41) is 3.05. The number of primary amides is 1. The van der Waals surface area contributed by atoms with Gasteiger partial charge in [0.2, 0.25) is 5.91 Å². The maximum atomic E-state index is 11.4. The summed E-state index contributed by atoms with van der Waals surface area (Å²) >= 11 is 0. The third-order valence-corrected chi connectivity index (χ3v) is 4.21. The maximum Gasteiger partial charge on any atom is 0.237 e. The summed E-state index contributed by atoms with van der Waals surface area (Å²) in [6, 6.07) is 0.692. The molecular weight excluding hydrogens is 214 g/mol. The highest BCUT2D eigenvalue weighted by Gasteiger charge is 2.30. The minimum atomic E-state index is -0.574. The minimum absolute atomic E-state index is 0.259. The smallest absolute Gasteiger partial charge is 0.237 e. The lowest BCUT2D eigenvalue weighted by Crippen LogP contribution is -2.54. The number of carbonyl (C=O) groups excluding carboxylic acids is 1. The average molecular weight is 241 g/mol. The summed E-state index contributed by atoms with van der Waals surface area (Å²) in [6.45, 7) is 6.25. The van der Waals surface area contributed by atoms with E-state index in [0.717, 1.165) is 19.5 Å². The molecule has 0 aromatic rings. The first-order valence-corrected chi connectivity index (χ1v) is 6.76. The van der Waals surface area contributed by atoms with Gasteiger partial charge in [-0.2, -0.15) is 0 Å². The van der Waals surface area contributed by atoms with E-state index in [-0.39, 0.29) is 5.91 Å². The van der Waals surface area contributed by atoms with Crippen molar-refractivity contribution in [1.29, 1.82) is 0 Å². The molecule has 2 atom stereocenters. The number of hydrogen-bond acceptors (Lipinski definition) is 3. The molecule has 0 radical (unpaired) electrons. The zero-order valence-corrected chi connectivity index (χ0v) is 11.5. The van der Waals surface area contributed by atoms with E-state index in [1.54, 1.807) is 7.05 Å². The van der Waals surface area contributed by atoms with Crippen LogP contribution in [-0.2, 0) is 4.79 Å². The number of nitrogens with two attached hydrogens (primary N) is 1. The SMILES string of the molecule is CCC1CCCCN1CCC(C)(NC)C(N)=O. The molecule has 0 saturated carbocycles. The van der Waals surface area contributed by atoms with Gasteiger partial charge in [0.15, 0.2) is 0 Å². The van der Waals surface area contributed by atoms with Gasteiger partial charge in [-0.3, -0.25) is 4.79 Å². The van der Waals surface area contributed by atoms with Gasteiger partial charge >= 0.3 is 0 Å². The van der Waals surface area contributed by atoms with E-state index in [1.165, 1.54) is 25.7 Å². The summed E-state index contributed by atoms with van der Waals surface area (Å²) < 4.78 is 0. The second kappa shape index (κ2) is 6.36. The van der Waals surface area contributed by atoms with Crippen molar-refractivity contribution in [2.24, 2.45) is 5.73 Å². The molecule has 0 bridgehead atoms. The van der Waals surface area contributed by atoms with Gasteiger partial charge in [0.1, 0.15) is 0 Å². The average Bonchev–Trinajstić information content (AvgIpc) is 2.36. The Morgan fingerprint density at radius 3 is 2.76 bits per heavy atom. The Balaban J connectivity index is 2.50. The number of carbonyl (C=O) groups is 1. The highest BCUT2D eigenvalue weighted by molar-refractivity contribution is 5.84. The summed E-state index contributed by atoms with van der Waals surface area (Å²) in [5.74, 6) is -0.259. The van der Waals surface area contributed by atoms with Gasteiger partial charge in [0.25, 0.3) is 0 Å². The van der Waals surface area contributed by atoms with Crippen molar-refractivity contribution >= 4 is 5.91 Å². The fourth-order valence-electron chi connectivity index (χ4n) is 2.56. The topological polar surface area (TPSA) is 58.4 Å². The van der Waals surface area contributed by atoms with E-state index in [4.69, 9.17) is 5.73 Å². The van der Waals surface area contributed by atoms with Crippen molar-refractivity contribution in [2.75, 3.05) is 20.1 Å². The predicted molar refractivity (Wildman–Crippen MR) is 70.8 cm³/mol. The van der Waals surface area contributed by atoms with E-state index < -0.39 is 5.54 Å². The molecule has 1 heterocycles. The number of rotatable bonds is 6. The van der Waals surface area contributed by atoms with Crippen LogP contribution >= 0.6 is 0 Å². The highest BCUT2D eigenvalue weighted by atomic mass is 16.1. The van der Waals surface area contributed by atoms with E-state index in [2.05, 4.69) is 17.1 Å². The van der Waals surface area contributed by atoms with E-state index >= 15 is 0 Å². The number of hydrogen-bond donors (Lipinski definition) is 2. The first-order valence-electron chi connectivity index (χ1n) is 6.76. The monoisotopic (exact) mass is 241 g/mol. The standard InChI is InChI=1S/C13H27N3O/c1-4-11-7-5-6-9-16(11)10-8-13(2,15-3)12(14)17/h11,15H,4-10H2,1-3H3,(H2,14,17). The molecule has 1 aliphatic heterocycles.